The highest BCUT2D eigenvalue weighted by Gasteiger charge is 2.49. The number of aromatic nitrogens is 3. The van der Waals surface area contributed by atoms with Crippen molar-refractivity contribution in [1.29, 1.82) is 0 Å². The Morgan fingerprint density at radius 1 is 1.20 bits per heavy atom. The lowest BCUT2D eigenvalue weighted by atomic mass is 9.73. The molecule has 2 aromatic heterocycles. The molecule has 30 heavy (non-hydrogen) atoms. The van der Waals surface area contributed by atoms with E-state index in [9.17, 15) is 4.79 Å². The first-order chi connectivity index (χ1) is 14.5. The molecule has 4 aromatic rings. The van der Waals surface area contributed by atoms with Crippen LogP contribution in [-0.2, 0) is 18.3 Å². The van der Waals surface area contributed by atoms with E-state index in [0.29, 0.717) is 11.6 Å². The number of thiazole rings is 1. The molecule has 2 heterocycles. The lowest BCUT2D eigenvalue weighted by molar-refractivity contribution is -0.125. The molecule has 0 radical (unpaired) electrons. The standard InChI is InChI=1S/C24H22N4OS/c1-24(22(29)27-23-25-10-11-30-23)13-18-9-8-17(19-14-26-28(2)15-19)12-20(18)21(24)16-6-4-3-5-7-16/h3-12,14-15,21H,13H2,1-2H3,(H,25,27,29)/t21-,24+/m1/s1. The number of carbonyl (C=O) groups is 1. The van der Waals surface area contributed by atoms with Crippen molar-refractivity contribution in [3.05, 3.63) is 89.2 Å². The van der Waals surface area contributed by atoms with E-state index in [1.807, 2.05) is 47.7 Å². The molecule has 5 nitrogen and oxygen atoms in total. The molecule has 0 saturated heterocycles. The smallest absolute Gasteiger partial charge is 0.233 e. The van der Waals surface area contributed by atoms with Crippen LogP contribution in [-0.4, -0.2) is 20.7 Å². The van der Waals surface area contributed by atoms with Crippen LogP contribution >= 0.6 is 11.3 Å². The fourth-order valence-electron chi connectivity index (χ4n) is 4.54. The lowest BCUT2D eigenvalue weighted by Crippen LogP contribution is -2.37. The normalized spacial score (nSPS) is 20.1. The number of hydrogen-bond acceptors (Lipinski definition) is 4. The average molecular weight is 415 g/mol. The van der Waals surface area contributed by atoms with Crippen molar-refractivity contribution < 1.29 is 4.79 Å². The Morgan fingerprint density at radius 3 is 2.73 bits per heavy atom. The second-order valence-electron chi connectivity index (χ2n) is 8.05. The van der Waals surface area contributed by atoms with E-state index < -0.39 is 5.41 Å². The van der Waals surface area contributed by atoms with Crippen LogP contribution in [0.5, 0.6) is 0 Å². The molecular formula is C24H22N4OS. The van der Waals surface area contributed by atoms with Gasteiger partial charge in [-0.1, -0.05) is 48.5 Å². The number of anilines is 1. The summed E-state index contributed by atoms with van der Waals surface area (Å²) >= 11 is 1.44. The number of fused-ring (bicyclic) bond motifs is 1. The van der Waals surface area contributed by atoms with Gasteiger partial charge in [-0.25, -0.2) is 4.98 Å². The maximum atomic E-state index is 13.5. The first kappa shape index (κ1) is 18.8. The van der Waals surface area contributed by atoms with Crippen LogP contribution in [0.4, 0.5) is 5.13 Å². The van der Waals surface area contributed by atoms with Gasteiger partial charge in [-0.05, 0) is 35.6 Å². The van der Waals surface area contributed by atoms with Crippen molar-refractivity contribution in [3.8, 4) is 11.1 Å². The Kier molecular flexibility index (Phi) is 4.51. The zero-order valence-corrected chi connectivity index (χ0v) is 17.7. The highest BCUT2D eigenvalue weighted by molar-refractivity contribution is 7.13. The summed E-state index contributed by atoms with van der Waals surface area (Å²) in [5.41, 5.74) is 5.16. The van der Waals surface area contributed by atoms with E-state index >= 15 is 0 Å². The molecule has 2 atom stereocenters. The third kappa shape index (κ3) is 3.13. The molecule has 1 N–H and O–H groups in total. The second kappa shape index (κ2) is 7.22. The molecule has 2 aromatic carbocycles. The van der Waals surface area contributed by atoms with E-state index in [0.717, 1.165) is 16.7 Å². The number of aryl methyl sites for hydroxylation is 1. The van der Waals surface area contributed by atoms with Crippen LogP contribution < -0.4 is 5.32 Å². The monoisotopic (exact) mass is 414 g/mol. The van der Waals surface area contributed by atoms with Crippen molar-refractivity contribution in [2.45, 2.75) is 19.3 Å². The van der Waals surface area contributed by atoms with Gasteiger partial charge in [0.15, 0.2) is 5.13 Å². The second-order valence-corrected chi connectivity index (χ2v) is 8.94. The number of nitrogens with one attached hydrogen (secondary N) is 1. The van der Waals surface area contributed by atoms with Gasteiger partial charge in [-0.15, -0.1) is 11.3 Å². The van der Waals surface area contributed by atoms with Crippen LogP contribution in [0.25, 0.3) is 11.1 Å². The molecule has 0 aliphatic heterocycles. The summed E-state index contributed by atoms with van der Waals surface area (Å²) in [5, 5.41) is 9.86. The summed E-state index contributed by atoms with van der Waals surface area (Å²) in [6.45, 7) is 2.07. The Balaban J connectivity index is 1.60. The molecule has 1 aliphatic rings. The van der Waals surface area contributed by atoms with Crippen molar-refractivity contribution >= 4 is 22.4 Å². The quantitative estimate of drug-likeness (QED) is 0.518. The zero-order valence-electron chi connectivity index (χ0n) is 16.9. The van der Waals surface area contributed by atoms with Gasteiger partial charge < -0.3 is 5.32 Å². The Morgan fingerprint density at radius 2 is 2.03 bits per heavy atom. The third-order valence-electron chi connectivity index (χ3n) is 5.99. The van der Waals surface area contributed by atoms with E-state index in [1.165, 1.54) is 22.5 Å². The minimum atomic E-state index is -0.608. The van der Waals surface area contributed by atoms with Gasteiger partial charge in [0, 0.05) is 36.3 Å². The highest BCUT2D eigenvalue weighted by atomic mass is 32.1. The van der Waals surface area contributed by atoms with Gasteiger partial charge in [0.05, 0.1) is 11.6 Å². The largest absolute Gasteiger partial charge is 0.301 e. The third-order valence-corrected chi connectivity index (χ3v) is 6.68. The average Bonchev–Trinajstić information content (AvgIpc) is 3.47. The fraction of sp³-hybridized carbons (Fsp3) is 0.208. The summed E-state index contributed by atoms with van der Waals surface area (Å²) in [4.78, 5) is 17.7. The number of nitrogens with zero attached hydrogens (tertiary/aromatic N) is 3. The molecule has 0 spiro atoms. The van der Waals surface area contributed by atoms with Gasteiger partial charge in [-0.3, -0.25) is 9.48 Å². The van der Waals surface area contributed by atoms with E-state index in [1.54, 1.807) is 6.20 Å². The van der Waals surface area contributed by atoms with Crippen molar-refractivity contribution in [1.82, 2.24) is 14.8 Å². The first-order valence-electron chi connectivity index (χ1n) is 9.92. The number of amides is 1. The van der Waals surface area contributed by atoms with E-state index in [-0.39, 0.29) is 11.8 Å². The van der Waals surface area contributed by atoms with Crippen molar-refractivity contribution in [2.75, 3.05) is 5.32 Å². The summed E-state index contributed by atoms with van der Waals surface area (Å²) in [6.07, 6.45) is 6.29. The molecule has 0 saturated carbocycles. The summed E-state index contributed by atoms with van der Waals surface area (Å²) in [5.74, 6) is -0.0317. The number of rotatable bonds is 4. The molecule has 0 fully saturated rings. The highest BCUT2D eigenvalue weighted by Crippen LogP contribution is 2.52. The van der Waals surface area contributed by atoms with Gasteiger partial charge in [0.25, 0.3) is 0 Å². The lowest BCUT2D eigenvalue weighted by Gasteiger charge is -2.31. The van der Waals surface area contributed by atoms with E-state index in [2.05, 4.69) is 52.7 Å². The van der Waals surface area contributed by atoms with Crippen LogP contribution in [0.2, 0.25) is 0 Å². The topological polar surface area (TPSA) is 59.8 Å². The van der Waals surface area contributed by atoms with Crippen LogP contribution in [0, 0.1) is 5.41 Å². The Hall–Kier alpha value is -3.25. The van der Waals surface area contributed by atoms with Crippen molar-refractivity contribution in [3.63, 3.8) is 0 Å². The predicted octanol–water partition coefficient (Wildman–Crippen LogP) is 4.88. The molecule has 0 bridgehead atoms. The summed E-state index contributed by atoms with van der Waals surface area (Å²) < 4.78 is 1.81. The predicted molar refractivity (Wildman–Crippen MR) is 119 cm³/mol. The molecule has 6 heteroatoms. The number of benzene rings is 2. The Bertz CT molecular complexity index is 1200. The van der Waals surface area contributed by atoms with Gasteiger partial charge >= 0.3 is 0 Å². The van der Waals surface area contributed by atoms with Crippen LogP contribution in [0.15, 0.2) is 72.5 Å². The van der Waals surface area contributed by atoms with Crippen LogP contribution in [0.1, 0.15) is 29.5 Å². The molecule has 1 amide bonds. The van der Waals surface area contributed by atoms with Crippen LogP contribution in [0.3, 0.4) is 0 Å². The first-order valence-corrected chi connectivity index (χ1v) is 10.8. The maximum absolute atomic E-state index is 13.5. The van der Waals surface area contributed by atoms with Gasteiger partial charge in [-0.2, -0.15) is 5.10 Å². The molecule has 0 unspecified atom stereocenters. The van der Waals surface area contributed by atoms with Gasteiger partial charge in [0.2, 0.25) is 5.91 Å². The number of hydrogen-bond donors (Lipinski definition) is 1. The Labute approximate surface area is 179 Å². The maximum Gasteiger partial charge on any atom is 0.233 e. The van der Waals surface area contributed by atoms with E-state index in [4.69, 9.17) is 0 Å². The minimum absolute atomic E-state index is 0.00503. The molecule has 1 aliphatic carbocycles. The summed E-state index contributed by atoms with van der Waals surface area (Å²) in [6, 6.07) is 16.8. The fourth-order valence-corrected chi connectivity index (χ4v) is 5.07. The molecule has 150 valence electrons. The van der Waals surface area contributed by atoms with Crippen molar-refractivity contribution in [2.24, 2.45) is 12.5 Å². The van der Waals surface area contributed by atoms with Gasteiger partial charge in [0.1, 0.15) is 0 Å². The number of carbonyl (C=O) groups excluding carboxylic acids is 1. The molecular weight excluding hydrogens is 392 g/mol. The molecule has 5 rings (SSSR count). The zero-order chi connectivity index (χ0) is 20.7. The SMILES string of the molecule is Cn1cc(-c2ccc3c(c2)[C@@H](c2ccccc2)[C@@](C)(C(=O)Nc2nccs2)C3)cn1. The minimum Gasteiger partial charge on any atom is -0.301 e. The summed E-state index contributed by atoms with van der Waals surface area (Å²) in [7, 11) is 1.92.